The zero-order chi connectivity index (χ0) is 23.7. The van der Waals surface area contributed by atoms with Gasteiger partial charge in [-0.2, -0.15) is 0 Å². The van der Waals surface area contributed by atoms with Crippen LogP contribution in [0.1, 0.15) is 41.0 Å². The number of halogens is 1. The van der Waals surface area contributed by atoms with Crippen LogP contribution in [0.4, 0.5) is 10.1 Å². The largest absolute Gasteiger partial charge is 0.455 e. The topological polar surface area (TPSA) is 85.3 Å². The van der Waals surface area contributed by atoms with Gasteiger partial charge >= 0.3 is 0 Å². The summed E-state index contributed by atoms with van der Waals surface area (Å²) in [5.41, 5.74) is 10.3. The lowest BCUT2D eigenvalue weighted by Gasteiger charge is -2.11. The summed E-state index contributed by atoms with van der Waals surface area (Å²) in [6, 6.07) is 16.6. The van der Waals surface area contributed by atoms with Crippen LogP contribution in [0.25, 0.3) is 33.4 Å². The van der Waals surface area contributed by atoms with Crippen molar-refractivity contribution >= 4 is 28.3 Å². The average Bonchev–Trinajstić information content (AvgIpc) is 3.20. The normalized spacial score (nSPS) is 12.0. The molecule has 1 unspecified atom stereocenters. The molecule has 3 N–H and O–H groups in total. The minimum atomic E-state index is -0.380. The molecule has 0 saturated heterocycles. The Morgan fingerprint density at radius 2 is 1.79 bits per heavy atom. The number of hydrogen-bond donors (Lipinski definition) is 2. The number of furan rings is 1. The van der Waals surface area contributed by atoms with Crippen LogP contribution in [0, 0.1) is 11.7 Å². The predicted octanol–water partition coefficient (Wildman–Crippen LogP) is 6.08. The number of ketones is 1. The summed E-state index contributed by atoms with van der Waals surface area (Å²) in [4.78, 5) is 25.5. The molecule has 0 saturated carbocycles. The molecule has 0 spiro atoms. The third-order valence-corrected chi connectivity index (χ3v) is 5.94. The molecular formula is C27H25FN2O3. The summed E-state index contributed by atoms with van der Waals surface area (Å²) in [5, 5.41) is 3.23. The lowest BCUT2D eigenvalue weighted by Crippen LogP contribution is -2.18. The maximum atomic E-state index is 13.4. The van der Waals surface area contributed by atoms with Crippen molar-refractivity contribution in [2.45, 2.75) is 20.3 Å². The number of hydrogen-bond acceptors (Lipinski definition) is 4. The van der Waals surface area contributed by atoms with E-state index in [1.807, 2.05) is 32.0 Å². The van der Waals surface area contributed by atoms with Gasteiger partial charge in [0.2, 0.25) is 0 Å². The number of fused-ring (bicyclic) bond motifs is 1. The van der Waals surface area contributed by atoms with Gasteiger partial charge in [0.05, 0.1) is 5.56 Å². The molecule has 6 heteroatoms. The van der Waals surface area contributed by atoms with E-state index < -0.39 is 0 Å². The molecule has 1 aromatic heterocycles. The van der Waals surface area contributed by atoms with Gasteiger partial charge in [-0.1, -0.05) is 32.0 Å². The maximum Gasteiger partial charge on any atom is 0.255 e. The number of nitrogen functional groups attached to an aromatic ring is 1. The van der Waals surface area contributed by atoms with Crippen LogP contribution in [0.5, 0.6) is 0 Å². The van der Waals surface area contributed by atoms with Gasteiger partial charge in [-0.3, -0.25) is 9.59 Å². The minimum absolute atomic E-state index is 0.0759. The van der Waals surface area contributed by atoms with E-state index in [4.69, 9.17) is 10.2 Å². The molecule has 5 nitrogen and oxygen atoms in total. The SMILES string of the molecule is CCC(C)C(=O)c1cccc(-c2cc3c(C(=O)NC)c(-c4ccc(F)cc4)oc3cc2N)c1. The van der Waals surface area contributed by atoms with Crippen LogP contribution in [0.2, 0.25) is 0 Å². The molecule has 1 heterocycles. The third-order valence-electron chi connectivity index (χ3n) is 5.94. The highest BCUT2D eigenvalue weighted by Gasteiger charge is 2.23. The van der Waals surface area contributed by atoms with Gasteiger partial charge in [0.1, 0.15) is 17.2 Å². The highest BCUT2D eigenvalue weighted by atomic mass is 19.1. The fourth-order valence-electron chi connectivity index (χ4n) is 3.87. The molecule has 168 valence electrons. The lowest BCUT2D eigenvalue weighted by atomic mass is 9.93. The van der Waals surface area contributed by atoms with Crippen LogP contribution in [0.15, 0.2) is 65.1 Å². The Labute approximate surface area is 191 Å². The molecule has 0 aliphatic carbocycles. The van der Waals surface area contributed by atoms with Crippen LogP contribution < -0.4 is 11.1 Å². The first-order chi connectivity index (χ1) is 15.8. The summed E-state index contributed by atoms with van der Waals surface area (Å²) in [5.74, 6) is -0.375. The van der Waals surface area contributed by atoms with Crippen molar-refractivity contribution in [3.63, 3.8) is 0 Å². The molecule has 1 atom stereocenters. The van der Waals surface area contributed by atoms with Gasteiger partial charge in [0, 0.05) is 46.8 Å². The molecule has 0 fully saturated rings. The average molecular weight is 445 g/mol. The molecule has 3 aromatic carbocycles. The first kappa shape index (κ1) is 22.3. The van der Waals surface area contributed by atoms with Crippen molar-refractivity contribution in [1.29, 1.82) is 0 Å². The third kappa shape index (κ3) is 4.12. The maximum absolute atomic E-state index is 13.4. The molecule has 4 aromatic rings. The molecule has 4 rings (SSSR count). The van der Waals surface area contributed by atoms with Crippen LogP contribution in [-0.2, 0) is 0 Å². The molecule has 0 radical (unpaired) electrons. The van der Waals surface area contributed by atoms with Gasteiger partial charge in [-0.15, -0.1) is 0 Å². The van der Waals surface area contributed by atoms with E-state index in [2.05, 4.69) is 5.32 Å². The van der Waals surface area contributed by atoms with Crippen molar-refractivity contribution in [1.82, 2.24) is 5.32 Å². The van der Waals surface area contributed by atoms with Gasteiger partial charge in [-0.05, 0) is 48.4 Å². The van der Waals surface area contributed by atoms with E-state index in [0.717, 1.165) is 12.0 Å². The molecule has 0 aliphatic heterocycles. The number of Topliss-reactive ketones (excluding diaryl/α,β-unsaturated/α-hetero) is 1. The quantitative estimate of drug-likeness (QED) is 0.279. The van der Waals surface area contributed by atoms with E-state index in [9.17, 15) is 14.0 Å². The highest BCUT2D eigenvalue weighted by molar-refractivity contribution is 6.12. The summed E-state index contributed by atoms with van der Waals surface area (Å²) in [6.07, 6.45) is 0.758. The van der Waals surface area contributed by atoms with Gasteiger partial charge in [0.25, 0.3) is 5.91 Å². The van der Waals surface area contributed by atoms with Gasteiger partial charge in [-0.25, -0.2) is 4.39 Å². The highest BCUT2D eigenvalue weighted by Crippen LogP contribution is 2.39. The van der Waals surface area contributed by atoms with Crippen LogP contribution in [0.3, 0.4) is 0 Å². The summed E-state index contributed by atoms with van der Waals surface area (Å²) >= 11 is 0. The molecule has 0 aliphatic rings. The number of benzene rings is 3. The Balaban J connectivity index is 1.90. The van der Waals surface area contributed by atoms with E-state index in [1.54, 1.807) is 30.3 Å². The smallest absolute Gasteiger partial charge is 0.255 e. The molecule has 1 amide bonds. The first-order valence-corrected chi connectivity index (χ1v) is 10.8. The summed E-state index contributed by atoms with van der Waals surface area (Å²) in [7, 11) is 1.54. The standard InChI is InChI=1S/C27H25FN2O3/c1-4-15(2)25(31)18-7-5-6-17(12-18)20-13-21-23(14-22(20)29)33-26(24(21)27(32)30-3)16-8-10-19(28)11-9-16/h5-15H,4,29H2,1-3H3,(H,30,32). The first-order valence-electron chi connectivity index (χ1n) is 10.8. The Morgan fingerprint density at radius 1 is 1.06 bits per heavy atom. The molecule has 33 heavy (non-hydrogen) atoms. The van der Waals surface area contributed by atoms with Crippen LogP contribution in [-0.4, -0.2) is 18.7 Å². The Kier molecular flexibility index (Phi) is 6.01. The summed E-state index contributed by atoms with van der Waals surface area (Å²) in [6.45, 7) is 3.89. The number of carbonyl (C=O) groups excluding carboxylic acids is 2. The number of amides is 1. The van der Waals surface area contributed by atoms with Crippen molar-refractivity contribution in [2.75, 3.05) is 12.8 Å². The molecular weight excluding hydrogens is 419 g/mol. The Morgan fingerprint density at radius 3 is 2.45 bits per heavy atom. The van der Waals surface area contributed by atoms with Crippen molar-refractivity contribution in [2.24, 2.45) is 5.92 Å². The van der Waals surface area contributed by atoms with E-state index in [0.29, 0.717) is 44.7 Å². The second-order valence-corrected chi connectivity index (χ2v) is 8.08. The number of nitrogens with two attached hydrogens (primary N) is 1. The number of anilines is 1. The molecule has 0 bridgehead atoms. The van der Waals surface area contributed by atoms with Crippen molar-refractivity contribution in [3.8, 4) is 22.5 Å². The van der Waals surface area contributed by atoms with Crippen molar-refractivity contribution in [3.05, 3.63) is 77.6 Å². The van der Waals surface area contributed by atoms with Gasteiger partial charge < -0.3 is 15.5 Å². The zero-order valence-corrected chi connectivity index (χ0v) is 18.7. The van der Waals surface area contributed by atoms with E-state index in [-0.39, 0.29) is 23.4 Å². The number of nitrogens with one attached hydrogen (secondary N) is 1. The van der Waals surface area contributed by atoms with E-state index in [1.165, 1.54) is 19.2 Å². The fourth-order valence-corrected chi connectivity index (χ4v) is 3.87. The van der Waals surface area contributed by atoms with Crippen molar-refractivity contribution < 1.29 is 18.4 Å². The number of rotatable bonds is 6. The minimum Gasteiger partial charge on any atom is -0.455 e. The lowest BCUT2D eigenvalue weighted by molar-refractivity contribution is 0.0925. The second kappa shape index (κ2) is 8.90. The summed E-state index contributed by atoms with van der Waals surface area (Å²) < 4.78 is 19.4. The second-order valence-electron chi connectivity index (χ2n) is 8.08. The Hall–Kier alpha value is -3.93. The predicted molar refractivity (Wildman–Crippen MR) is 129 cm³/mol. The van der Waals surface area contributed by atoms with E-state index >= 15 is 0 Å². The van der Waals surface area contributed by atoms with Crippen LogP contribution >= 0.6 is 0 Å². The monoisotopic (exact) mass is 444 g/mol. The zero-order valence-electron chi connectivity index (χ0n) is 18.7. The van der Waals surface area contributed by atoms with Gasteiger partial charge in [0.15, 0.2) is 5.78 Å². The fraction of sp³-hybridized carbons (Fsp3) is 0.185. The number of carbonyl (C=O) groups is 2. The Bertz CT molecular complexity index is 1360.